The molecule has 28 heavy (non-hydrogen) atoms. The zero-order valence-corrected chi connectivity index (χ0v) is 15.5. The Hall–Kier alpha value is -3.00. The van der Waals surface area contributed by atoms with E-state index in [9.17, 15) is 4.79 Å². The lowest BCUT2D eigenvalue weighted by Crippen LogP contribution is -2.02. The molecule has 5 rings (SSSR count). The summed E-state index contributed by atoms with van der Waals surface area (Å²) in [6.45, 7) is 0. The van der Waals surface area contributed by atoms with Crippen LogP contribution in [0.1, 0.15) is 37.2 Å². The van der Waals surface area contributed by atoms with Crippen molar-refractivity contribution in [1.29, 1.82) is 0 Å². The fourth-order valence-electron chi connectivity index (χ4n) is 4.14. The second-order valence-electron chi connectivity index (χ2n) is 6.98. The number of amides is 1. The minimum absolute atomic E-state index is 0.0500. The van der Waals surface area contributed by atoms with Crippen molar-refractivity contribution in [3.8, 4) is 11.3 Å². The van der Waals surface area contributed by atoms with Gasteiger partial charge >= 0.3 is 0 Å². The van der Waals surface area contributed by atoms with E-state index in [1.54, 1.807) is 29.2 Å². The van der Waals surface area contributed by atoms with E-state index in [0.29, 0.717) is 40.2 Å². The Morgan fingerprint density at radius 1 is 1.29 bits per heavy atom. The molecular weight excluding hydrogens is 383 g/mol. The summed E-state index contributed by atoms with van der Waals surface area (Å²) in [5, 5.41) is 10.4. The highest BCUT2D eigenvalue weighted by molar-refractivity contribution is 6.35. The first kappa shape index (κ1) is 17.1. The Bertz CT molecular complexity index is 1210. The third-order valence-corrected chi connectivity index (χ3v) is 5.75. The number of carbonyl (C=O) groups excluding carboxylic acids is 1. The topological polar surface area (TPSA) is 88.0 Å². The van der Waals surface area contributed by atoms with Crippen molar-refractivity contribution in [2.75, 3.05) is 5.32 Å². The zero-order valence-electron chi connectivity index (χ0n) is 14.7. The van der Waals surface area contributed by atoms with Gasteiger partial charge < -0.3 is 9.72 Å². The van der Waals surface area contributed by atoms with Crippen molar-refractivity contribution in [2.24, 2.45) is 0 Å². The van der Waals surface area contributed by atoms with Crippen LogP contribution in [0, 0.1) is 5.82 Å². The average Bonchev–Trinajstić information content (AvgIpc) is 3.43. The molecule has 142 valence electrons. The van der Waals surface area contributed by atoms with Crippen LogP contribution in [0.5, 0.6) is 0 Å². The first-order valence-electron chi connectivity index (χ1n) is 9.06. The molecule has 4 aromatic rings. The maximum Gasteiger partial charge on any atom is 0.212 e. The van der Waals surface area contributed by atoms with Gasteiger partial charge in [0, 0.05) is 22.7 Å². The lowest BCUT2D eigenvalue weighted by atomic mass is 9.92. The number of carbonyl (C=O) groups is 1. The third-order valence-electron chi connectivity index (χ3n) is 5.39. The summed E-state index contributed by atoms with van der Waals surface area (Å²) in [6.07, 6.45) is 11.2. The Labute approximate surface area is 163 Å². The van der Waals surface area contributed by atoms with E-state index in [1.807, 2.05) is 0 Å². The van der Waals surface area contributed by atoms with Crippen molar-refractivity contribution in [2.45, 2.75) is 31.6 Å². The molecule has 0 unspecified atom stereocenters. The number of H-pyrrole nitrogens is 1. The summed E-state index contributed by atoms with van der Waals surface area (Å²) in [5.41, 5.74) is 2.84. The van der Waals surface area contributed by atoms with Crippen LogP contribution in [0.4, 0.5) is 10.2 Å². The van der Waals surface area contributed by atoms with Crippen LogP contribution >= 0.6 is 11.6 Å². The normalized spacial score (nSPS) is 14.9. The van der Waals surface area contributed by atoms with E-state index in [-0.39, 0.29) is 10.9 Å². The molecular formula is C19H16ClFN6O. The fraction of sp³-hybridized carbons (Fsp3) is 0.263. The van der Waals surface area contributed by atoms with Gasteiger partial charge in [0.15, 0.2) is 11.5 Å². The molecule has 0 saturated heterocycles. The summed E-state index contributed by atoms with van der Waals surface area (Å²) in [7, 11) is 0. The molecule has 0 atom stereocenters. The molecule has 1 amide bonds. The Kier molecular flexibility index (Phi) is 4.01. The van der Waals surface area contributed by atoms with Crippen LogP contribution in [0.3, 0.4) is 0 Å². The van der Waals surface area contributed by atoms with Crippen LogP contribution < -0.4 is 5.32 Å². The van der Waals surface area contributed by atoms with E-state index in [0.717, 1.165) is 31.1 Å². The van der Waals surface area contributed by atoms with Gasteiger partial charge in [-0.25, -0.2) is 9.37 Å². The molecule has 3 heterocycles. The molecule has 3 aromatic heterocycles. The van der Waals surface area contributed by atoms with E-state index >= 15 is 4.39 Å². The van der Waals surface area contributed by atoms with E-state index in [1.165, 1.54) is 0 Å². The molecule has 2 N–H and O–H groups in total. The number of imidazole rings is 1. The van der Waals surface area contributed by atoms with Crippen LogP contribution in [0.15, 0.2) is 24.8 Å². The van der Waals surface area contributed by atoms with Crippen LogP contribution in [-0.2, 0) is 4.79 Å². The summed E-state index contributed by atoms with van der Waals surface area (Å²) >= 11 is 6.51. The van der Waals surface area contributed by atoms with Gasteiger partial charge in [0.1, 0.15) is 5.82 Å². The van der Waals surface area contributed by atoms with E-state index < -0.39 is 5.82 Å². The van der Waals surface area contributed by atoms with Crippen LogP contribution in [-0.4, -0.2) is 31.0 Å². The Balaban J connectivity index is 1.72. The molecule has 1 saturated carbocycles. The maximum absolute atomic E-state index is 15.4. The molecule has 1 fully saturated rings. The number of nitrogens with zero attached hydrogens (tertiary/aromatic N) is 4. The number of hydrogen-bond donors (Lipinski definition) is 2. The molecule has 7 nitrogen and oxygen atoms in total. The quantitative estimate of drug-likeness (QED) is 0.502. The number of hydrogen-bond acceptors (Lipinski definition) is 4. The Morgan fingerprint density at radius 2 is 2.11 bits per heavy atom. The molecule has 1 aliphatic rings. The summed E-state index contributed by atoms with van der Waals surface area (Å²) in [5.74, 6) is 0.142. The number of fused-ring (bicyclic) bond motifs is 2. The fourth-order valence-corrected chi connectivity index (χ4v) is 4.44. The Morgan fingerprint density at radius 3 is 2.89 bits per heavy atom. The minimum atomic E-state index is -0.406. The van der Waals surface area contributed by atoms with Crippen molar-refractivity contribution < 1.29 is 9.18 Å². The van der Waals surface area contributed by atoms with Gasteiger partial charge in [-0.2, -0.15) is 5.10 Å². The molecule has 1 aliphatic carbocycles. The monoisotopic (exact) mass is 398 g/mol. The molecule has 1 aromatic carbocycles. The van der Waals surface area contributed by atoms with Crippen molar-refractivity contribution in [3.63, 3.8) is 0 Å². The molecule has 0 bridgehead atoms. The second kappa shape index (κ2) is 6.56. The SMILES string of the molecule is O=CNc1cn2cc(-c3c(Cl)c(F)c(C4CCCC4)c4[nH]ncc34)ncc2n1. The first-order valence-corrected chi connectivity index (χ1v) is 9.44. The molecule has 0 aliphatic heterocycles. The van der Waals surface area contributed by atoms with Gasteiger partial charge in [0.05, 0.1) is 34.8 Å². The second-order valence-corrected chi connectivity index (χ2v) is 7.36. The van der Waals surface area contributed by atoms with E-state index in [4.69, 9.17) is 11.6 Å². The van der Waals surface area contributed by atoms with Crippen molar-refractivity contribution in [1.82, 2.24) is 24.6 Å². The van der Waals surface area contributed by atoms with E-state index in [2.05, 4.69) is 25.5 Å². The predicted octanol–water partition coefficient (Wildman–Crippen LogP) is 4.29. The van der Waals surface area contributed by atoms with Gasteiger partial charge in [-0.1, -0.05) is 24.4 Å². The van der Waals surface area contributed by atoms with Gasteiger partial charge in [0.2, 0.25) is 6.41 Å². The standard InChI is InChI=1S/C19H16ClFN6O/c20-17-16(12-7-27-8-13(23-9-28)25-14(27)6-22-12)11-5-24-26-19(11)15(18(17)21)10-3-1-2-4-10/h5-10H,1-4H2,(H,23,28)(H,24,26). The lowest BCUT2D eigenvalue weighted by molar-refractivity contribution is -0.105. The maximum atomic E-state index is 15.4. The number of rotatable bonds is 4. The van der Waals surface area contributed by atoms with Crippen LogP contribution in [0.25, 0.3) is 27.8 Å². The predicted molar refractivity (Wildman–Crippen MR) is 104 cm³/mol. The highest BCUT2D eigenvalue weighted by atomic mass is 35.5. The third kappa shape index (κ3) is 2.56. The first-order chi connectivity index (χ1) is 13.7. The van der Waals surface area contributed by atoms with Gasteiger partial charge in [-0.05, 0) is 18.8 Å². The number of halogens is 2. The summed E-state index contributed by atoms with van der Waals surface area (Å²) in [6, 6.07) is 0. The summed E-state index contributed by atoms with van der Waals surface area (Å²) < 4.78 is 17.1. The molecule has 9 heteroatoms. The minimum Gasteiger partial charge on any atom is -0.312 e. The highest BCUT2D eigenvalue weighted by Gasteiger charge is 2.28. The van der Waals surface area contributed by atoms with Gasteiger partial charge in [0.25, 0.3) is 0 Å². The number of nitrogens with one attached hydrogen (secondary N) is 2. The summed E-state index contributed by atoms with van der Waals surface area (Å²) in [4.78, 5) is 19.3. The van der Waals surface area contributed by atoms with Crippen molar-refractivity contribution >= 4 is 40.4 Å². The highest BCUT2D eigenvalue weighted by Crippen LogP contribution is 2.44. The number of anilines is 1. The van der Waals surface area contributed by atoms with Gasteiger partial charge in [-0.15, -0.1) is 0 Å². The van der Waals surface area contributed by atoms with Crippen LogP contribution in [0.2, 0.25) is 5.02 Å². The molecule has 0 spiro atoms. The van der Waals surface area contributed by atoms with Gasteiger partial charge in [-0.3, -0.25) is 14.9 Å². The zero-order chi connectivity index (χ0) is 19.3. The number of benzene rings is 1. The molecule has 0 radical (unpaired) electrons. The lowest BCUT2D eigenvalue weighted by Gasteiger charge is -2.16. The van der Waals surface area contributed by atoms with Crippen molar-refractivity contribution in [3.05, 3.63) is 41.2 Å². The largest absolute Gasteiger partial charge is 0.312 e. The number of aromatic amines is 1. The average molecular weight is 399 g/mol. The number of aromatic nitrogens is 5. The smallest absolute Gasteiger partial charge is 0.212 e.